The fourth-order valence-corrected chi connectivity index (χ4v) is 2.02. The minimum atomic E-state index is 0.211. The van der Waals surface area contributed by atoms with Gasteiger partial charge in [0.15, 0.2) is 0 Å². The molecular weight excluding hydrogens is 268 g/mol. The predicted octanol–water partition coefficient (Wildman–Crippen LogP) is 1.94. The molecule has 1 atom stereocenters. The molecule has 0 aliphatic carbocycles. The summed E-state index contributed by atoms with van der Waals surface area (Å²) in [5.41, 5.74) is 6.93. The highest BCUT2D eigenvalue weighted by Gasteiger charge is 2.01. The van der Waals surface area contributed by atoms with Crippen molar-refractivity contribution in [3.05, 3.63) is 28.2 Å². The molecule has 1 aromatic carbocycles. The SMILES string of the molecule is COc1ccc(CCNCC(C)N)cc1Br. The summed E-state index contributed by atoms with van der Waals surface area (Å²) in [5, 5.41) is 3.31. The molecule has 0 bridgehead atoms. The number of nitrogens with two attached hydrogens (primary N) is 1. The van der Waals surface area contributed by atoms with E-state index in [1.54, 1.807) is 7.11 Å². The van der Waals surface area contributed by atoms with E-state index in [1.165, 1.54) is 5.56 Å². The Morgan fingerprint density at radius 2 is 2.25 bits per heavy atom. The summed E-state index contributed by atoms with van der Waals surface area (Å²) in [6.07, 6.45) is 0.995. The Morgan fingerprint density at radius 3 is 2.81 bits per heavy atom. The number of benzene rings is 1. The molecular formula is C12H19BrN2O. The van der Waals surface area contributed by atoms with Crippen LogP contribution >= 0.6 is 15.9 Å². The molecule has 0 saturated heterocycles. The van der Waals surface area contributed by atoms with Crippen molar-refractivity contribution < 1.29 is 4.74 Å². The number of rotatable bonds is 6. The van der Waals surface area contributed by atoms with Gasteiger partial charge in [-0.1, -0.05) is 6.07 Å². The van der Waals surface area contributed by atoms with E-state index in [0.29, 0.717) is 0 Å². The van der Waals surface area contributed by atoms with Crippen LogP contribution in [0.1, 0.15) is 12.5 Å². The first-order valence-corrected chi connectivity index (χ1v) is 6.21. The lowest BCUT2D eigenvalue weighted by atomic mass is 10.1. The van der Waals surface area contributed by atoms with Gasteiger partial charge in [0.2, 0.25) is 0 Å². The summed E-state index contributed by atoms with van der Waals surface area (Å²) < 4.78 is 6.18. The number of ether oxygens (including phenoxy) is 1. The van der Waals surface area contributed by atoms with E-state index in [1.807, 2.05) is 13.0 Å². The van der Waals surface area contributed by atoms with E-state index < -0.39 is 0 Å². The summed E-state index contributed by atoms with van der Waals surface area (Å²) in [7, 11) is 1.67. The highest BCUT2D eigenvalue weighted by Crippen LogP contribution is 2.25. The Hall–Kier alpha value is -0.580. The third-order valence-electron chi connectivity index (χ3n) is 2.27. The minimum Gasteiger partial charge on any atom is -0.496 e. The van der Waals surface area contributed by atoms with Crippen LogP contribution in [0.2, 0.25) is 0 Å². The van der Waals surface area contributed by atoms with Crippen LogP contribution in [-0.2, 0) is 6.42 Å². The van der Waals surface area contributed by atoms with Crippen molar-refractivity contribution in [2.45, 2.75) is 19.4 Å². The average molecular weight is 287 g/mol. The zero-order valence-corrected chi connectivity index (χ0v) is 11.4. The van der Waals surface area contributed by atoms with Crippen molar-refractivity contribution in [2.24, 2.45) is 5.73 Å². The van der Waals surface area contributed by atoms with Crippen molar-refractivity contribution >= 4 is 15.9 Å². The average Bonchev–Trinajstić information content (AvgIpc) is 2.24. The molecule has 0 aliphatic heterocycles. The molecule has 1 unspecified atom stereocenters. The highest BCUT2D eigenvalue weighted by atomic mass is 79.9. The molecule has 0 fully saturated rings. The lowest BCUT2D eigenvalue weighted by molar-refractivity contribution is 0.412. The van der Waals surface area contributed by atoms with Gasteiger partial charge in [-0.25, -0.2) is 0 Å². The van der Waals surface area contributed by atoms with Crippen molar-refractivity contribution in [1.29, 1.82) is 0 Å². The van der Waals surface area contributed by atoms with Gasteiger partial charge in [0.1, 0.15) is 5.75 Å². The fraction of sp³-hybridized carbons (Fsp3) is 0.500. The summed E-state index contributed by atoms with van der Waals surface area (Å²) in [6.45, 7) is 3.80. The van der Waals surface area contributed by atoms with Crippen LogP contribution in [-0.4, -0.2) is 26.2 Å². The molecule has 0 spiro atoms. The molecule has 1 rings (SSSR count). The van der Waals surface area contributed by atoms with Gasteiger partial charge in [0.05, 0.1) is 11.6 Å². The Labute approximate surface area is 105 Å². The second-order valence-electron chi connectivity index (χ2n) is 3.90. The summed E-state index contributed by atoms with van der Waals surface area (Å²) >= 11 is 3.47. The third kappa shape index (κ3) is 4.51. The topological polar surface area (TPSA) is 47.3 Å². The zero-order chi connectivity index (χ0) is 12.0. The van der Waals surface area contributed by atoms with Gasteiger partial charge in [0, 0.05) is 12.6 Å². The van der Waals surface area contributed by atoms with Gasteiger partial charge in [-0.05, 0) is 53.5 Å². The minimum absolute atomic E-state index is 0.211. The van der Waals surface area contributed by atoms with Crippen molar-refractivity contribution in [3.63, 3.8) is 0 Å². The molecule has 0 heterocycles. The first-order chi connectivity index (χ1) is 7.63. The maximum absolute atomic E-state index is 5.65. The smallest absolute Gasteiger partial charge is 0.133 e. The number of hydrogen-bond donors (Lipinski definition) is 2. The monoisotopic (exact) mass is 286 g/mol. The van der Waals surface area contributed by atoms with Gasteiger partial charge >= 0.3 is 0 Å². The molecule has 16 heavy (non-hydrogen) atoms. The zero-order valence-electron chi connectivity index (χ0n) is 9.79. The summed E-state index contributed by atoms with van der Waals surface area (Å²) in [5.74, 6) is 0.868. The molecule has 0 aliphatic rings. The summed E-state index contributed by atoms with van der Waals surface area (Å²) in [6, 6.07) is 6.36. The predicted molar refractivity (Wildman–Crippen MR) is 70.9 cm³/mol. The van der Waals surface area contributed by atoms with E-state index in [4.69, 9.17) is 10.5 Å². The van der Waals surface area contributed by atoms with Gasteiger partial charge in [-0.2, -0.15) is 0 Å². The van der Waals surface area contributed by atoms with Crippen LogP contribution in [0.5, 0.6) is 5.75 Å². The van der Waals surface area contributed by atoms with E-state index in [-0.39, 0.29) is 6.04 Å². The standard InChI is InChI=1S/C12H19BrN2O/c1-9(14)8-15-6-5-10-3-4-12(16-2)11(13)7-10/h3-4,7,9,15H,5-6,8,14H2,1-2H3. The number of nitrogens with one attached hydrogen (secondary N) is 1. The Kier molecular flexibility index (Phi) is 5.80. The highest BCUT2D eigenvalue weighted by molar-refractivity contribution is 9.10. The molecule has 90 valence electrons. The molecule has 3 N–H and O–H groups in total. The van der Waals surface area contributed by atoms with E-state index in [9.17, 15) is 0 Å². The number of halogens is 1. The quantitative estimate of drug-likeness (QED) is 0.786. The maximum atomic E-state index is 5.65. The first kappa shape index (κ1) is 13.5. The molecule has 0 saturated carbocycles. The van der Waals surface area contributed by atoms with Gasteiger partial charge in [-0.15, -0.1) is 0 Å². The maximum Gasteiger partial charge on any atom is 0.133 e. The molecule has 0 amide bonds. The van der Waals surface area contributed by atoms with Gasteiger partial charge in [0.25, 0.3) is 0 Å². The Balaban J connectivity index is 2.40. The Morgan fingerprint density at radius 1 is 1.50 bits per heavy atom. The second-order valence-corrected chi connectivity index (χ2v) is 4.75. The van der Waals surface area contributed by atoms with Crippen molar-refractivity contribution in [3.8, 4) is 5.75 Å². The number of methoxy groups -OCH3 is 1. The van der Waals surface area contributed by atoms with Crippen LogP contribution in [0, 0.1) is 0 Å². The molecule has 1 aromatic rings. The van der Waals surface area contributed by atoms with Crippen LogP contribution in [0.25, 0.3) is 0 Å². The van der Waals surface area contributed by atoms with E-state index >= 15 is 0 Å². The Bertz CT molecular complexity index is 329. The molecule has 0 aromatic heterocycles. The van der Waals surface area contributed by atoms with E-state index in [2.05, 4.69) is 33.4 Å². The second kappa shape index (κ2) is 6.89. The number of hydrogen-bond acceptors (Lipinski definition) is 3. The summed E-state index contributed by atoms with van der Waals surface area (Å²) in [4.78, 5) is 0. The molecule has 3 nitrogen and oxygen atoms in total. The molecule has 0 radical (unpaired) electrons. The molecule has 4 heteroatoms. The van der Waals surface area contributed by atoms with Gasteiger partial charge in [-0.3, -0.25) is 0 Å². The normalized spacial score (nSPS) is 12.5. The van der Waals surface area contributed by atoms with Crippen LogP contribution in [0.15, 0.2) is 22.7 Å². The fourth-order valence-electron chi connectivity index (χ4n) is 1.43. The van der Waals surface area contributed by atoms with Crippen LogP contribution in [0.4, 0.5) is 0 Å². The van der Waals surface area contributed by atoms with Crippen molar-refractivity contribution in [2.75, 3.05) is 20.2 Å². The lowest BCUT2D eigenvalue weighted by Gasteiger charge is -2.09. The van der Waals surface area contributed by atoms with Crippen molar-refractivity contribution in [1.82, 2.24) is 5.32 Å². The third-order valence-corrected chi connectivity index (χ3v) is 2.89. The largest absolute Gasteiger partial charge is 0.496 e. The van der Waals surface area contributed by atoms with Crippen LogP contribution < -0.4 is 15.8 Å². The first-order valence-electron chi connectivity index (χ1n) is 5.42. The van der Waals surface area contributed by atoms with Gasteiger partial charge < -0.3 is 15.8 Å². The lowest BCUT2D eigenvalue weighted by Crippen LogP contribution is -2.32. The van der Waals surface area contributed by atoms with Crippen LogP contribution in [0.3, 0.4) is 0 Å². The van der Waals surface area contributed by atoms with E-state index in [0.717, 1.165) is 29.7 Å².